The molecule has 134 valence electrons. The maximum atomic E-state index is 12.8. The topological polar surface area (TPSA) is 117 Å². The first kappa shape index (κ1) is 15.4. The predicted octanol–water partition coefficient (Wildman–Crippen LogP) is 1.49. The summed E-state index contributed by atoms with van der Waals surface area (Å²) in [4.78, 5) is 12.8. The first-order valence-corrected chi connectivity index (χ1v) is 8.48. The highest BCUT2D eigenvalue weighted by molar-refractivity contribution is 6.15. The summed E-state index contributed by atoms with van der Waals surface area (Å²) in [5, 5.41) is 12.4. The lowest BCUT2D eigenvalue weighted by Gasteiger charge is -2.31. The number of hydrogen-bond donors (Lipinski definition) is 4. The van der Waals surface area contributed by atoms with E-state index in [4.69, 9.17) is 10.2 Å². The smallest absolute Gasteiger partial charge is 0.275 e. The normalized spacial score (nSPS) is 21.4. The Labute approximate surface area is 154 Å². The van der Waals surface area contributed by atoms with Crippen molar-refractivity contribution in [3.8, 4) is 0 Å². The molecule has 8 nitrogen and oxygen atoms in total. The molecule has 0 saturated heterocycles. The van der Waals surface area contributed by atoms with E-state index in [0.717, 1.165) is 11.0 Å². The molecule has 1 atom stereocenters. The van der Waals surface area contributed by atoms with Gasteiger partial charge < -0.3 is 15.5 Å². The van der Waals surface area contributed by atoms with Gasteiger partial charge in [0, 0.05) is 23.1 Å². The molecule has 1 amide bonds. The molecule has 1 aromatic heterocycles. The molecule has 0 unspecified atom stereocenters. The van der Waals surface area contributed by atoms with Gasteiger partial charge in [-0.2, -0.15) is 10.2 Å². The summed E-state index contributed by atoms with van der Waals surface area (Å²) in [5.74, 6) is 0.714. The van der Waals surface area contributed by atoms with E-state index in [1.54, 1.807) is 12.1 Å². The lowest BCUT2D eigenvalue weighted by molar-refractivity contribution is -0.127. The third kappa shape index (κ3) is 2.42. The van der Waals surface area contributed by atoms with Crippen molar-refractivity contribution in [2.75, 3.05) is 5.73 Å². The highest BCUT2D eigenvalue weighted by Gasteiger charge is 2.47. The number of fused-ring (bicyclic) bond motifs is 1. The van der Waals surface area contributed by atoms with Crippen molar-refractivity contribution in [1.82, 2.24) is 16.2 Å². The van der Waals surface area contributed by atoms with Crippen molar-refractivity contribution < 1.29 is 9.21 Å². The SMILES string of the molecule is Nc1ccccc1C1=NN[C@@]2(CC(c3cc4ccccc4o3)=NN2)C(=O)N1. The molecule has 0 fully saturated rings. The van der Waals surface area contributed by atoms with Gasteiger partial charge in [-0.3, -0.25) is 15.6 Å². The van der Waals surface area contributed by atoms with E-state index in [1.807, 2.05) is 42.5 Å². The molecule has 5 N–H and O–H groups in total. The molecule has 3 aromatic rings. The highest BCUT2D eigenvalue weighted by Crippen LogP contribution is 2.26. The van der Waals surface area contributed by atoms with Gasteiger partial charge in [0.1, 0.15) is 11.3 Å². The Kier molecular flexibility index (Phi) is 3.20. The van der Waals surface area contributed by atoms with Crippen molar-refractivity contribution in [3.63, 3.8) is 0 Å². The zero-order chi connectivity index (χ0) is 18.4. The van der Waals surface area contributed by atoms with Gasteiger partial charge in [0.2, 0.25) is 5.66 Å². The fourth-order valence-electron chi connectivity index (χ4n) is 3.24. The number of nitrogens with two attached hydrogens (primary N) is 1. The summed E-state index contributed by atoms with van der Waals surface area (Å²) < 4.78 is 5.84. The van der Waals surface area contributed by atoms with Crippen LogP contribution in [0.1, 0.15) is 17.7 Å². The van der Waals surface area contributed by atoms with E-state index in [9.17, 15) is 4.79 Å². The van der Waals surface area contributed by atoms with Crippen LogP contribution in [0.15, 0.2) is 69.2 Å². The molecule has 5 rings (SSSR count). The number of nitrogen functional groups attached to an aromatic ring is 1. The first-order valence-electron chi connectivity index (χ1n) is 8.48. The van der Waals surface area contributed by atoms with Gasteiger partial charge in [-0.25, -0.2) is 0 Å². The largest absolute Gasteiger partial charge is 0.455 e. The van der Waals surface area contributed by atoms with Crippen molar-refractivity contribution in [2.24, 2.45) is 10.2 Å². The first-order chi connectivity index (χ1) is 13.1. The molecule has 2 aliphatic rings. The zero-order valence-corrected chi connectivity index (χ0v) is 14.2. The van der Waals surface area contributed by atoms with Crippen LogP contribution in [0.25, 0.3) is 11.0 Å². The number of para-hydroxylation sites is 2. The molecule has 0 radical (unpaired) electrons. The molecule has 0 aliphatic carbocycles. The van der Waals surface area contributed by atoms with Crippen LogP contribution in [0.2, 0.25) is 0 Å². The number of hydrazone groups is 2. The summed E-state index contributed by atoms with van der Waals surface area (Å²) in [6.45, 7) is 0. The second-order valence-corrected chi connectivity index (χ2v) is 6.51. The van der Waals surface area contributed by atoms with E-state index >= 15 is 0 Å². The minimum atomic E-state index is -1.15. The standard InChI is InChI=1S/C19H16N6O2/c20-13-7-3-2-6-12(13)17-21-18(26)19(25-23-17)10-14(22-24-19)16-9-11-5-1-4-8-15(11)27-16/h1-9,24-25H,10,20H2,(H,21,23,26)/t19-/m0/s1. The van der Waals surface area contributed by atoms with Crippen LogP contribution in [0.4, 0.5) is 5.69 Å². The van der Waals surface area contributed by atoms with Gasteiger partial charge in [-0.15, -0.1) is 0 Å². The van der Waals surface area contributed by atoms with E-state index in [2.05, 4.69) is 26.4 Å². The van der Waals surface area contributed by atoms with Crippen molar-refractivity contribution in [1.29, 1.82) is 0 Å². The third-order valence-corrected chi connectivity index (χ3v) is 4.72. The van der Waals surface area contributed by atoms with E-state index < -0.39 is 5.66 Å². The minimum Gasteiger partial charge on any atom is -0.455 e. The Bertz CT molecular complexity index is 1100. The summed E-state index contributed by atoms with van der Waals surface area (Å²) in [5.41, 5.74) is 13.2. The second-order valence-electron chi connectivity index (χ2n) is 6.51. The number of rotatable bonds is 2. The van der Waals surface area contributed by atoms with Gasteiger partial charge in [0.25, 0.3) is 5.91 Å². The van der Waals surface area contributed by atoms with Gasteiger partial charge >= 0.3 is 0 Å². The number of furan rings is 1. The van der Waals surface area contributed by atoms with Gasteiger partial charge in [0.05, 0.1) is 0 Å². The lowest BCUT2D eigenvalue weighted by Crippen LogP contribution is -2.65. The summed E-state index contributed by atoms with van der Waals surface area (Å²) in [6.07, 6.45) is 0.291. The Morgan fingerprint density at radius 3 is 2.63 bits per heavy atom. The van der Waals surface area contributed by atoms with Gasteiger partial charge in [-0.05, 0) is 24.3 Å². The fraction of sp³-hybridized carbons (Fsp3) is 0.105. The van der Waals surface area contributed by atoms with Crippen molar-refractivity contribution in [2.45, 2.75) is 12.1 Å². The van der Waals surface area contributed by atoms with Crippen molar-refractivity contribution >= 4 is 34.1 Å². The Morgan fingerprint density at radius 1 is 1.04 bits per heavy atom. The zero-order valence-electron chi connectivity index (χ0n) is 14.2. The molecule has 3 heterocycles. The molecular weight excluding hydrogens is 344 g/mol. The molecule has 1 spiro atoms. The maximum Gasteiger partial charge on any atom is 0.275 e. The van der Waals surface area contributed by atoms with Crippen molar-refractivity contribution in [3.05, 3.63) is 65.9 Å². The summed E-state index contributed by atoms with van der Waals surface area (Å²) in [7, 11) is 0. The number of anilines is 1. The Morgan fingerprint density at radius 2 is 1.81 bits per heavy atom. The predicted molar refractivity (Wildman–Crippen MR) is 102 cm³/mol. The molecule has 0 saturated carbocycles. The maximum absolute atomic E-state index is 12.8. The van der Waals surface area contributed by atoms with E-state index in [1.165, 1.54) is 0 Å². The number of carbonyl (C=O) groups is 1. The van der Waals surface area contributed by atoms with Crippen LogP contribution in [-0.4, -0.2) is 23.1 Å². The number of amidine groups is 1. The van der Waals surface area contributed by atoms with Crippen LogP contribution in [0.5, 0.6) is 0 Å². The monoisotopic (exact) mass is 360 g/mol. The number of benzene rings is 2. The lowest BCUT2D eigenvalue weighted by atomic mass is 10.0. The van der Waals surface area contributed by atoms with Gasteiger partial charge in [0.15, 0.2) is 11.6 Å². The van der Waals surface area contributed by atoms with Gasteiger partial charge in [-0.1, -0.05) is 30.3 Å². The highest BCUT2D eigenvalue weighted by atomic mass is 16.3. The third-order valence-electron chi connectivity index (χ3n) is 4.72. The quantitative estimate of drug-likeness (QED) is 0.517. The molecule has 0 bridgehead atoms. The molecule has 8 heteroatoms. The summed E-state index contributed by atoms with van der Waals surface area (Å²) in [6, 6.07) is 16.8. The second kappa shape index (κ2) is 5.60. The number of nitrogens with one attached hydrogen (secondary N) is 3. The molecular formula is C19H16N6O2. The van der Waals surface area contributed by atoms with E-state index in [-0.39, 0.29) is 5.91 Å². The molecule has 2 aliphatic heterocycles. The van der Waals surface area contributed by atoms with Crippen LogP contribution in [0, 0.1) is 0 Å². The number of hydrogen-bond acceptors (Lipinski definition) is 7. The number of carbonyl (C=O) groups excluding carboxylic acids is 1. The van der Waals surface area contributed by atoms with Crippen LogP contribution < -0.4 is 21.9 Å². The Hall–Kier alpha value is -3.81. The fourth-order valence-corrected chi connectivity index (χ4v) is 3.24. The molecule has 27 heavy (non-hydrogen) atoms. The minimum absolute atomic E-state index is 0.286. The van der Waals surface area contributed by atoms with Crippen LogP contribution in [-0.2, 0) is 4.79 Å². The van der Waals surface area contributed by atoms with Crippen LogP contribution >= 0.6 is 0 Å². The average molecular weight is 360 g/mol. The summed E-state index contributed by atoms with van der Waals surface area (Å²) >= 11 is 0. The van der Waals surface area contributed by atoms with Crippen LogP contribution in [0.3, 0.4) is 0 Å². The van der Waals surface area contributed by atoms with E-state index in [0.29, 0.717) is 35.0 Å². The molecule has 2 aromatic carbocycles. The Balaban J connectivity index is 1.41. The average Bonchev–Trinajstić information content (AvgIpc) is 3.30. The number of nitrogens with zero attached hydrogens (tertiary/aromatic N) is 2. The number of amides is 1.